The Morgan fingerprint density at radius 2 is 1.96 bits per heavy atom. The van der Waals surface area contributed by atoms with E-state index in [2.05, 4.69) is 27.7 Å². The quantitative estimate of drug-likeness (QED) is 0.352. The minimum absolute atomic E-state index is 0.0666. The number of esters is 1. The zero-order valence-corrected chi connectivity index (χ0v) is 16.6. The first-order chi connectivity index (χ1) is 12.2. The highest BCUT2D eigenvalue weighted by atomic mass is 127. The molecule has 0 radical (unpaired) electrons. The standard InChI is InChI=1S/C19H23IN2O3/c1-24-17(23)15-8-6-14(7-9-15)16-21-18(22-25-16)19(12-5-13-20)10-3-2-4-11-19/h6-9H,2-5,10-13H2,1H3. The Kier molecular flexibility index (Phi) is 6.09. The Morgan fingerprint density at radius 1 is 1.24 bits per heavy atom. The van der Waals surface area contributed by atoms with Crippen LogP contribution in [-0.4, -0.2) is 27.6 Å². The number of carbonyl (C=O) groups is 1. The first-order valence-corrected chi connectivity index (χ1v) is 10.3. The second kappa shape index (κ2) is 8.29. The minimum Gasteiger partial charge on any atom is -0.465 e. The maximum Gasteiger partial charge on any atom is 0.337 e. The summed E-state index contributed by atoms with van der Waals surface area (Å²) in [5.74, 6) is 1.02. The van der Waals surface area contributed by atoms with Crippen LogP contribution >= 0.6 is 22.6 Å². The number of alkyl halides is 1. The number of methoxy groups -OCH3 is 1. The molecule has 6 heteroatoms. The largest absolute Gasteiger partial charge is 0.465 e. The van der Waals surface area contributed by atoms with Gasteiger partial charge < -0.3 is 9.26 Å². The van der Waals surface area contributed by atoms with Crippen LogP contribution in [0.15, 0.2) is 28.8 Å². The Balaban J connectivity index is 1.84. The average Bonchev–Trinajstić information content (AvgIpc) is 3.17. The van der Waals surface area contributed by atoms with Gasteiger partial charge in [-0.25, -0.2) is 4.79 Å². The number of benzene rings is 1. The van der Waals surface area contributed by atoms with E-state index >= 15 is 0 Å². The summed E-state index contributed by atoms with van der Waals surface area (Å²) < 4.78 is 11.4. The number of carbonyl (C=O) groups excluding carboxylic acids is 1. The van der Waals surface area contributed by atoms with E-state index in [-0.39, 0.29) is 11.4 Å². The maximum atomic E-state index is 11.5. The normalized spacial score (nSPS) is 16.6. The first-order valence-electron chi connectivity index (χ1n) is 8.77. The number of ether oxygens (including phenoxy) is 1. The SMILES string of the molecule is COC(=O)c1ccc(-c2nc(C3(CCCI)CCCCC3)no2)cc1. The molecule has 0 aliphatic heterocycles. The van der Waals surface area contributed by atoms with Crippen LogP contribution in [0.3, 0.4) is 0 Å². The topological polar surface area (TPSA) is 65.2 Å². The van der Waals surface area contributed by atoms with E-state index < -0.39 is 0 Å². The molecule has 1 aromatic heterocycles. The monoisotopic (exact) mass is 454 g/mol. The summed E-state index contributed by atoms with van der Waals surface area (Å²) in [5, 5.41) is 4.33. The van der Waals surface area contributed by atoms with E-state index in [0.717, 1.165) is 35.1 Å². The molecular weight excluding hydrogens is 431 g/mol. The van der Waals surface area contributed by atoms with Crippen molar-refractivity contribution in [3.63, 3.8) is 0 Å². The molecule has 1 aliphatic carbocycles. The van der Waals surface area contributed by atoms with Crippen molar-refractivity contribution in [1.29, 1.82) is 0 Å². The van der Waals surface area contributed by atoms with Crippen LogP contribution in [0.4, 0.5) is 0 Å². The highest BCUT2D eigenvalue weighted by Crippen LogP contribution is 2.42. The van der Waals surface area contributed by atoms with Crippen LogP contribution in [0.25, 0.3) is 11.5 Å². The molecule has 134 valence electrons. The van der Waals surface area contributed by atoms with Crippen molar-refractivity contribution < 1.29 is 14.1 Å². The minimum atomic E-state index is -0.349. The first kappa shape index (κ1) is 18.4. The van der Waals surface area contributed by atoms with Gasteiger partial charge in [0.25, 0.3) is 5.89 Å². The number of nitrogens with zero attached hydrogens (tertiary/aromatic N) is 2. The lowest BCUT2D eigenvalue weighted by Crippen LogP contribution is -2.30. The fourth-order valence-electron chi connectivity index (χ4n) is 3.64. The third kappa shape index (κ3) is 4.04. The molecule has 1 saturated carbocycles. The molecule has 2 aromatic rings. The maximum absolute atomic E-state index is 11.5. The van der Waals surface area contributed by atoms with E-state index in [1.54, 1.807) is 12.1 Å². The van der Waals surface area contributed by atoms with E-state index in [1.165, 1.54) is 32.8 Å². The Hall–Kier alpha value is -1.44. The molecule has 1 aromatic carbocycles. The number of rotatable bonds is 6. The highest BCUT2D eigenvalue weighted by molar-refractivity contribution is 14.1. The fraction of sp³-hybridized carbons (Fsp3) is 0.526. The predicted octanol–water partition coefficient (Wildman–Crippen LogP) is 4.94. The summed E-state index contributed by atoms with van der Waals surface area (Å²) in [4.78, 5) is 16.3. The van der Waals surface area contributed by atoms with Gasteiger partial charge in [-0.2, -0.15) is 4.98 Å². The van der Waals surface area contributed by atoms with E-state index in [1.807, 2.05) is 12.1 Å². The van der Waals surface area contributed by atoms with E-state index in [0.29, 0.717) is 11.5 Å². The predicted molar refractivity (Wildman–Crippen MR) is 104 cm³/mol. The molecule has 1 fully saturated rings. The zero-order chi connectivity index (χ0) is 17.7. The smallest absolute Gasteiger partial charge is 0.337 e. The lowest BCUT2D eigenvalue weighted by atomic mass is 9.70. The molecule has 0 amide bonds. The van der Waals surface area contributed by atoms with Gasteiger partial charge >= 0.3 is 5.97 Å². The Morgan fingerprint density at radius 3 is 2.60 bits per heavy atom. The highest BCUT2D eigenvalue weighted by Gasteiger charge is 2.37. The van der Waals surface area contributed by atoms with Crippen molar-refractivity contribution in [1.82, 2.24) is 10.1 Å². The zero-order valence-electron chi connectivity index (χ0n) is 14.5. The summed E-state index contributed by atoms with van der Waals surface area (Å²) in [7, 11) is 1.37. The molecule has 0 bridgehead atoms. The molecule has 0 saturated heterocycles. The summed E-state index contributed by atoms with van der Waals surface area (Å²) in [6.07, 6.45) is 8.35. The van der Waals surface area contributed by atoms with Crippen molar-refractivity contribution >= 4 is 28.6 Å². The van der Waals surface area contributed by atoms with Crippen LogP contribution in [-0.2, 0) is 10.2 Å². The van der Waals surface area contributed by atoms with Gasteiger partial charge in [0, 0.05) is 11.0 Å². The van der Waals surface area contributed by atoms with Crippen molar-refractivity contribution in [3.05, 3.63) is 35.7 Å². The Labute approximate surface area is 161 Å². The molecular formula is C19H23IN2O3. The Bertz CT molecular complexity index is 706. The van der Waals surface area contributed by atoms with Gasteiger partial charge in [0.05, 0.1) is 12.7 Å². The number of hydrogen-bond donors (Lipinski definition) is 0. The lowest BCUT2D eigenvalue weighted by Gasteiger charge is -2.34. The molecule has 3 rings (SSSR count). The number of aromatic nitrogens is 2. The van der Waals surface area contributed by atoms with Crippen LogP contribution in [0, 0.1) is 0 Å². The van der Waals surface area contributed by atoms with Gasteiger partial charge in [-0.1, -0.05) is 47.0 Å². The molecule has 0 unspecified atom stereocenters. The van der Waals surface area contributed by atoms with Crippen molar-refractivity contribution in [3.8, 4) is 11.5 Å². The summed E-state index contributed by atoms with van der Waals surface area (Å²) in [5.41, 5.74) is 1.40. The van der Waals surface area contributed by atoms with Gasteiger partial charge in [0.15, 0.2) is 5.82 Å². The number of halogens is 1. The second-order valence-electron chi connectivity index (χ2n) is 6.63. The molecule has 0 N–H and O–H groups in total. The summed E-state index contributed by atoms with van der Waals surface area (Å²) >= 11 is 2.43. The van der Waals surface area contributed by atoms with Gasteiger partial charge in [-0.15, -0.1) is 0 Å². The molecule has 0 spiro atoms. The molecule has 1 heterocycles. The van der Waals surface area contributed by atoms with Crippen LogP contribution in [0.2, 0.25) is 0 Å². The number of hydrogen-bond acceptors (Lipinski definition) is 5. The van der Waals surface area contributed by atoms with Gasteiger partial charge in [0.2, 0.25) is 0 Å². The van der Waals surface area contributed by atoms with Crippen molar-refractivity contribution in [2.75, 3.05) is 11.5 Å². The summed E-state index contributed by atoms with van der Waals surface area (Å²) in [6.45, 7) is 0. The fourth-order valence-corrected chi connectivity index (χ4v) is 4.02. The summed E-state index contributed by atoms with van der Waals surface area (Å²) in [6, 6.07) is 7.08. The van der Waals surface area contributed by atoms with Crippen LogP contribution < -0.4 is 0 Å². The lowest BCUT2D eigenvalue weighted by molar-refractivity contribution is 0.0600. The third-order valence-corrected chi connectivity index (χ3v) is 5.82. The van der Waals surface area contributed by atoms with E-state index in [9.17, 15) is 4.79 Å². The van der Waals surface area contributed by atoms with E-state index in [4.69, 9.17) is 14.2 Å². The molecule has 25 heavy (non-hydrogen) atoms. The van der Waals surface area contributed by atoms with Crippen LogP contribution in [0.1, 0.15) is 61.1 Å². The molecule has 1 aliphatic rings. The molecule has 5 nitrogen and oxygen atoms in total. The molecule has 0 atom stereocenters. The van der Waals surface area contributed by atoms with Crippen molar-refractivity contribution in [2.24, 2.45) is 0 Å². The third-order valence-electron chi connectivity index (χ3n) is 5.05. The van der Waals surface area contributed by atoms with Gasteiger partial charge in [-0.05, 0) is 54.4 Å². The van der Waals surface area contributed by atoms with Gasteiger partial charge in [0.1, 0.15) is 0 Å². The second-order valence-corrected chi connectivity index (χ2v) is 7.70. The van der Waals surface area contributed by atoms with Crippen molar-refractivity contribution in [2.45, 2.75) is 50.4 Å². The van der Waals surface area contributed by atoms with Gasteiger partial charge in [-0.3, -0.25) is 0 Å². The van der Waals surface area contributed by atoms with Crippen LogP contribution in [0.5, 0.6) is 0 Å². The average molecular weight is 454 g/mol.